The maximum Gasteiger partial charge on any atom is 0.177 e. The molecule has 14 heavy (non-hydrogen) atoms. The summed E-state index contributed by atoms with van der Waals surface area (Å²) in [5.74, 6) is 0. The molecule has 4 heteroatoms. The van der Waals surface area contributed by atoms with E-state index in [1.807, 2.05) is 6.20 Å². The van der Waals surface area contributed by atoms with Crippen molar-refractivity contribution in [3.63, 3.8) is 0 Å². The molecule has 0 bridgehead atoms. The van der Waals surface area contributed by atoms with Crippen LogP contribution in [0.4, 0.5) is 0 Å². The predicted molar refractivity (Wildman–Crippen MR) is 62.7 cm³/mol. The molecule has 2 aromatic rings. The quantitative estimate of drug-likeness (QED) is 0.837. The Hall–Kier alpha value is -0.610. The minimum absolute atomic E-state index is 0.923. The maximum atomic E-state index is 4.25. The summed E-state index contributed by atoms with van der Waals surface area (Å²) >= 11 is 5.23. The number of imidazole rings is 1. The van der Waals surface area contributed by atoms with Gasteiger partial charge in [0.15, 0.2) is 4.73 Å². The van der Waals surface area contributed by atoms with Crippen LogP contribution in [0.3, 0.4) is 0 Å². The van der Waals surface area contributed by atoms with Gasteiger partial charge < -0.3 is 4.57 Å². The predicted octanol–water partition coefficient (Wildman–Crippen LogP) is 3.32. The molecule has 0 saturated heterocycles. The van der Waals surface area contributed by atoms with Crippen LogP contribution >= 0.6 is 27.3 Å². The first-order valence-electron chi connectivity index (χ1n) is 4.53. The van der Waals surface area contributed by atoms with Crippen LogP contribution in [0.25, 0.3) is 0 Å². The Balaban J connectivity index is 2.25. The van der Waals surface area contributed by atoms with Crippen LogP contribution in [0.2, 0.25) is 0 Å². The molecule has 2 nitrogen and oxygen atoms in total. The van der Waals surface area contributed by atoms with Crippen LogP contribution < -0.4 is 0 Å². The van der Waals surface area contributed by atoms with Crippen molar-refractivity contribution in [3.8, 4) is 0 Å². The van der Waals surface area contributed by atoms with E-state index in [1.54, 1.807) is 11.3 Å². The van der Waals surface area contributed by atoms with Gasteiger partial charge in [-0.1, -0.05) is 6.07 Å². The third-order valence-corrected chi connectivity index (χ3v) is 3.65. The van der Waals surface area contributed by atoms with Gasteiger partial charge >= 0.3 is 0 Å². The second kappa shape index (κ2) is 4.28. The van der Waals surface area contributed by atoms with E-state index < -0.39 is 0 Å². The molecule has 2 heterocycles. The molecule has 0 N–H and O–H groups in total. The molecule has 0 aliphatic heterocycles. The molecule has 2 rings (SSSR count). The summed E-state index contributed by atoms with van der Waals surface area (Å²) < 4.78 is 3.10. The number of hydrogen-bond acceptors (Lipinski definition) is 2. The molecule has 0 amide bonds. The molecule has 2 aromatic heterocycles. The second-order valence-electron chi connectivity index (χ2n) is 3.02. The first kappa shape index (κ1) is 9.93. The second-order valence-corrected chi connectivity index (χ2v) is 4.76. The van der Waals surface area contributed by atoms with Crippen molar-refractivity contribution < 1.29 is 0 Å². The molecular weight excluding hydrogens is 260 g/mol. The lowest BCUT2D eigenvalue weighted by atomic mass is 10.3. The van der Waals surface area contributed by atoms with Crippen molar-refractivity contribution in [2.24, 2.45) is 0 Å². The SMILES string of the molecule is CCn1c(Cc2cccs2)cnc1Br. The first-order chi connectivity index (χ1) is 6.81. The van der Waals surface area contributed by atoms with Crippen molar-refractivity contribution in [3.05, 3.63) is 39.0 Å². The van der Waals surface area contributed by atoms with Gasteiger partial charge in [-0.05, 0) is 34.3 Å². The van der Waals surface area contributed by atoms with Crippen molar-refractivity contribution in [2.45, 2.75) is 19.9 Å². The standard InChI is InChI=1S/C10H11BrN2S/c1-2-13-8(7-12-10(13)11)6-9-4-3-5-14-9/h3-5,7H,2,6H2,1H3. The van der Waals surface area contributed by atoms with E-state index in [-0.39, 0.29) is 0 Å². The minimum Gasteiger partial charge on any atom is -0.323 e. The molecule has 0 radical (unpaired) electrons. The van der Waals surface area contributed by atoms with Crippen LogP contribution in [-0.2, 0) is 13.0 Å². The topological polar surface area (TPSA) is 17.8 Å². The Morgan fingerprint density at radius 1 is 1.57 bits per heavy atom. The van der Waals surface area contributed by atoms with Gasteiger partial charge in [-0.3, -0.25) is 0 Å². The normalized spacial score (nSPS) is 10.7. The maximum absolute atomic E-state index is 4.25. The van der Waals surface area contributed by atoms with E-state index in [2.05, 4.69) is 49.9 Å². The van der Waals surface area contributed by atoms with Crippen LogP contribution in [-0.4, -0.2) is 9.55 Å². The summed E-state index contributed by atoms with van der Waals surface area (Å²) in [6, 6.07) is 4.24. The van der Waals surface area contributed by atoms with Crippen LogP contribution in [0.1, 0.15) is 17.5 Å². The Morgan fingerprint density at radius 3 is 3.07 bits per heavy atom. The van der Waals surface area contributed by atoms with E-state index in [9.17, 15) is 0 Å². The van der Waals surface area contributed by atoms with Crippen molar-refractivity contribution in [1.29, 1.82) is 0 Å². The zero-order valence-corrected chi connectivity index (χ0v) is 10.3. The first-order valence-corrected chi connectivity index (χ1v) is 6.20. The van der Waals surface area contributed by atoms with Gasteiger partial charge in [0.1, 0.15) is 0 Å². The van der Waals surface area contributed by atoms with Gasteiger partial charge in [0.05, 0.1) is 0 Å². The summed E-state index contributed by atoms with van der Waals surface area (Å²) in [4.78, 5) is 5.63. The van der Waals surface area contributed by atoms with Gasteiger partial charge in [0, 0.05) is 29.7 Å². The van der Waals surface area contributed by atoms with Gasteiger partial charge in [0.25, 0.3) is 0 Å². The molecule has 0 spiro atoms. The molecular formula is C10H11BrN2S. The van der Waals surface area contributed by atoms with E-state index in [4.69, 9.17) is 0 Å². The van der Waals surface area contributed by atoms with E-state index in [0.29, 0.717) is 0 Å². The van der Waals surface area contributed by atoms with E-state index in [0.717, 1.165) is 17.7 Å². The monoisotopic (exact) mass is 270 g/mol. The molecule has 0 atom stereocenters. The third kappa shape index (κ3) is 1.91. The summed E-state index contributed by atoms with van der Waals surface area (Å²) in [5.41, 5.74) is 1.27. The summed E-state index contributed by atoms with van der Waals surface area (Å²) in [6.07, 6.45) is 2.91. The van der Waals surface area contributed by atoms with Crippen molar-refractivity contribution in [2.75, 3.05) is 0 Å². The Bertz CT molecular complexity index is 406. The number of nitrogens with zero attached hydrogens (tertiary/aromatic N) is 2. The Morgan fingerprint density at radius 2 is 2.43 bits per heavy atom. The van der Waals surface area contributed by atoms with E-state index in [1.165, 1.54) is 10.6 Å². The highest BCUT2D eigenvalue weighted by molar-refractivity contribution is 9.10. The van der Waals surface area contributed by atoms with Crippen molar-refractivity contribution >= 4 is 27.3 Å². The highest BCUT2D eigenvalue weighted by atomic mass is 79.9. The average Bonchev–Trinajstić information content (AvgIpc) is 2.77. The summed E-state index contributed by atoms with van der Waals surface area (Å²) in [5, 5.41) is 2.11. The van der Waals surface area contributed by atoms with Crippen LogP contribution in [0.5, 0.6) is 0 Å². The third-order valence-electron chi connectivity index (χ3n) is 2.14. The zero-order chi connectivity index (χ0) is 9.97. The van der Waals surface area contributed by atoms with Crippen LogP contribution in [0.15, 0.2) is 28.4 Å². The molecule has 0 saturated carbocycles. The molecule has 0 aliphatic rings. The van der Waals surface area contributed by atoms with Gasteiger partial charge in [-0.2, -0.15) is 0 Å². The fraction of sp³-hybridized carbons (Fsp3) is 0.300. The number of rotatable bonds is 3. The average molecular weight is 271 g/mol. The molecule has 0 aromatic carbocycles. The molecule has 0 fully saturated rings. The van der Waals surface area contributed by atoms with Gasteiger partial charge in [-0.25, -0.2) is 4.98 Å². The highest BCUT2D eigenvalue weighted by Crippen LogP contribution is 2.18. The highest BCUT2D eigenvalue weighted by Gasteiger charge is 2.06. The number of hydrogen-bond donors (Lipinski definition) is 0. The summed E-state index contributed by atoms with van der Waals surface area (Å²) in [6.45, 7) is 3.09. The lowest BCUT2D eigenvalue weighted by Gasteiger charge is -2.04. The Labute approximate surface area is 95.7 Å². The fourth-order valence-corrected chi connectivity index (χ4v) is 2.75. The lowest BCUT2D eigenvalue weighted by Crippen LogP contribution is -2.00. The summed E-state index contributed by atoms with van der Waals surface area (Å²) in [7, 11) is 0. The number of thiophene rings is 1. The zero-order valence-electron chi connectivity index (χ0n) is 7.90. The van der Waals surface area contributed by atoms with Gasteiger partial charge in [0.2, 0.25) is 0 Å². The number of halogens is 1. The molecule has 0 aliphatic carbocycles. The number of aromatic nitrogens is 2. The smallest absolute Gasteiger partial charge is 0.177 e. The van der Waals surface area contributed by atoms with Gasteiger partial charge in [-0.15, -0.1) is 11.3 Å². The van der Waals surface area contributed by atoms with Crippen molar-refractivity contribution in [1.82, 2.24) is 9.55 Å². The Kier molecular flexibility index (Phi) is 3.03. The van der Waals surface area contributed by atoms with E-state index >= 15 is 0 Å². The molecule has 74 valence electrons. The molecule has 0 unspecified atom stereocenters. The lowest BCUT2D eigenvalue weighted by molar-refractivity contribution is 0.707. The largest absolute Gasteiger partial charge is 0.323 e. The minimum atomic E-state index is 0.923. The fourth-order valence-electron chi connectivity index (χ4n) is 1.45. The van der Waals surface area contributed by atoms with Crippen LogP contribution in [0, 0.1) is 0 Å².